The van der Waals surface area contributed by atoms with E-state index in [4.69, 9.17) is 11.6 Å². The summed E-state index contributed by atoms with van der Waals surface area (Å²) in [4.78, 5) is 13.5. The van der Waals surface area contributed by atoms with Gasteiger partial charge in [-0.2, -0.15) is 0 Å². The molecule has 18 heavy (non-hydrogen) atoms. The molecule has 0 bridgehead atoms. The number of carbonyl (C=O) groups is 1. The van der Waals surface area contributed by atoms with Gasteiger partial charge in [0.1, 0.15) is 11.6 Å². The van der Waals surface area contributed by atoms with Crippen molar-refractivity contribution in [3.05, 3.63) is 29.6 Å². The lowest BCUT2D eigenvalue weighted by Crippen LogP contribution is -2.27. The van der Waals surface area contributed by atoms with Crippen LogP contribution < -0.4 is 0 Å². The van der Waals surface area contributed by atoms with Gasteiger partial charge in [-0.25, -0.2) is 4.39 Å². The zero-order chi connectivity index (χ0) is 13.5. The Bertz CT molecular complexity index is 412. The number of nitrogens with zero attached hydrogens (tertiary/aromatic N) is 1. The Hall–Kier alpha value is -1.29. The molecule has 0 unspecified atom stereocenters. The van der Waals surface area contributed by atoms with Crippen molar-refractivity contribution in [2.24, 2.45) is 0 Å². The molecule has 0 aliphatic rings. The fourth-order valence-electron chi connectivity index (χ4n) is 1.61. The highest BCUT2D eigenvalue weighted by Crippen LogP contribution is 2.19. The molecule has 0 saturated carbocycles. The average Bonchev–Trinajstić information content (AvgIpc) is 2.33. The minimum absolute atomic E-state index is 0.122. The molecule has 0 radical (unpaired) electrons. The second-order valence-corrected chi connectivity index (χ2v) is 4.52. The molecule has 0 aliphatic carbocycles. The van der Waals surface area contributed by atoms with Crippen molar-refractivity contribution in [3.8, 4) is 5.75 Å². The van der Waals surface area contributed by atoms with E-state index in [-0.39, 0.29) is 17.2 Å². The summed E-state index contributed by atoms with van der Waals surface area (Å²) in [6.07, 6.45) is 2.73. The number of alkyl halides is 1. The van der Waals surface area contributed by atoms with E-state index < -0.39 is 5.82 Å². The lowest BCUT2D eigenvalue weighted by atomic mass is 10.1. The number of hydrogen-bond donors (Lipinski definition) is 1. The SMILES string of the molecule is CN(CCCCCCl)C(=O)c1ccc(F)cc1O. The minimum atomic E-state index is -0.561. The van der Waals surface area contributed by atoms with Crippen LogP contribution in [0.1, 0.15) is 29.6 Å². The summed E-state index contributed by atoms with van der Waals surface area (Å²) < 4.78 is 12.8. The first-order valence-electron chi connectivity index (χ1n) is 5.86. The maximum Gasteiger partial charge on any atom is 0.257 e. The number of hydrogen-bond acceptors (Lipinski definition) is 2. The first kappa shape index (κ1) is 14.8. The summed E-state index contributed by atoms with van der Waals surface area (Å²) in [7, 11) is 1.66. The Labute approximate surface area is 111 Å². The normalized spacial score (nSPS) is 10.4. The molecule has 0 saturated heterocycles. The zero-order valence-electron chi connectivity index (χ0n) is 10.3. The quantitative estimate of drug-likeness (QED) is 0.639. The van der Waals surface area contributed by atoms with Crippen molar-refractivity contribution >= 4 is 17.5 Å². The molecule has 1 N–H and O–H groups in total. The van der Waals surface area contributed by atoms with Crippen molar-refractivity contribution in [2.45, 2.75) is 19.3 Å². The molecule has 3 nitrogen and oxygen atoms in total. The number of phenolic OH excluding ortho intramolecular Hbond substituents is 1. The van der Waals surface area contributed by atoms with E-state index in [0.29, 0.717) is 12.4 Å². The number of amides is 1. The van der Waals surface area contributed by atoms with Crippen LogP contribution in [0.3, 0.4) is 0 Å². The molecule has 1 aromatic carbocycles. The van der Waals surface area contributed by atoms with E-state index in [1.54, 1.807) is 7.05 Å². The van der Waals surface area contributed by atoms with E-state index >= 15 is 0 Å². The zero-order valence-corrected chi connectivity index (χ0v) is 11.1. The summed E-state index contributed by atoms with van der Waals surface area (Å²) in [5.74, 6) is -0.573. The van der Waals surface area contributed by atoms with Gasteiger partial charge in [-0.3, -0.25) is 4.79 Å². The minimum Gasteiger partial charge on any atom is -0.507 e. The van der Waals surface area contributed by atoms with Crippen LogP contribution in [0.5, 0.6) is 5.75 Å². The number of halogens is 2. The highest BCUT2D eigenvalue weighted by molar-refractivity contribution is 6.17. The second kappa shape index (κ2) is 7.21. The fourth-order valence-corrected chi connectivity index (χ4v) is 1.80. The van der Waals surface area contributed by atoms with Crippen molar-refractivity contribution in [1.82, 2.24) is 4.90 Å². The van der Waals surface area contributed by atoms with Crippen LogP contribution in [0, 0.1) is 5.82 Å². The number of benzene rings is 1. The number of carbonyl (C=O) groups excluding carboxylic acids is 1. The summed E-state index contributed by atoms with van der Waals surface area (Å²) in [6.45, 7) is 0.590. The number of aromatic hydroxyl groups is 1. The predicted molar refractivity (Wildman–Crippen MR) is 69.6 cm³/mol. The Kier molecular flexibility index (Phi) is 5.92. The van der Waals surface area contributed by atoms with E-state index in [1.165, 1.54) is 11.0 Å². The molecule has 1 aromatic rings. The van der Waals surface area contributed by atoms with E-state index in [2.05, 4.69) is 0 Å². The number of unbranched alkanes of at least 4 members (excludes halogenated alkanes) is 2. The molecule has 5 heteroatoms. The van der Waals surface area contributed by atoms with E-state index in [9.17, 15) is 14.3 Å². The molecule has 0 heterocycles. The van der Waals surface area contributed by atoms with Crippen molar-refractivity contribution in [1.29, 1.82) is 0 Å². The van der Waals surface area contributed by atoms with Crippen LogP contribution in [0.2, 0.25) is 0 Å². The number of phenols is 1. The monoisotopic (exact) mass is 273 g/mol. The Morgan fingerprint density at radius 3 is 2.72 bits per heavy atom. The van der Waals surface area contributed by atoms with Crippen LogP contribution >= 0.6 is 11.6 Å². The Balaban J connectivity index is 2.57. The summed E-state index contributed by atoms with van der Waals surface area (Å²) in [6, 6.07) is 3.39. The largest absolute Gasteiger partial charge is 0.507 e. The van der Waals surface area contributed by atoms with Gasteiger partial charge in [0, 0.05) is 25.5 Å². The van der Waals surface area contributed by atoms with Gasteiger partial charge < -0.3 is 10.0 Å². The number of rotatable bonds is 6. The molecule has 0 atom stereocenters. The summed E-state index contributed by atoms with van der Waals surface area (Å²) in [5, 5.41) is 9.52. The molecule has 1 rings (SSSR count). The predicted octanol–water partition coefficient (Wildman–Crippen LogP) is 3.01. The van der Waals surface area contributed by atoms with Gasteiger partial charge in [0.25, 0.3) is 5.91 Å². The van der Waals surface area contributed by atoms with Gasteiger partial charge in [-0.05, 0) is 25.0 Å². The highest BCUT2D eigenvalue weighted by atomic mass is 35.5. The first-order valence-corrected chi connectivity index (χ1v) is 6.39. The van der Waals surface area contributed by atoms with Crippen molar-refractivity contribution in [3.63, 3.8) is 0 Å². The van der Waals surface area contributed by atoms with Crippen molar-refractivity contribution < 1.29 is 14.3 Å². The molecule has 1 amide bonds. The topological polar surface area (TPSA) is 40.5 Å². The Morgan fingerprint density at radius 2 is 2.11 bits per heavy atom. The second-order valence-electron chi connectivity index (χ2n) is 4.14. The van der Waals surface area contributed by atoms with Gasteiger partial charge in [0.2, 0.25) is 0 Å². The molecular weight excluding hydrogens is 257 g/mol. The smallest absolute Gasteiger partial charge is 0.257 e. The van der Waals surface area contributed by atoms with Gasteiger partial charge in [-0.15, -0.1) is 11.6 Å². The maximum atomic E-state index is 12.8. The van der Waals surface area contributed by atoms with Crippen molar-refractivity contribution in [2.75, 3.05) is 19.5 Å². The lowest BCUT2D eigenvalue weighted by Gasteiger charge is -2.17. The third-order valence-corrected chi connectivity index (χ3v) is 2.93. The third kappa shape index (κ3) is 4.18. The standard InChI is InChI=1S/C13H17ClFNO2/c1-16(8-4-2-3-7-14)13(18)11-6-5-10(15)9-12(11)17/h5-6,9,17H,2-4,7-8H2,1H3. The highest BCUT2D eigenvalue weighted by Gasteiger charge is 2.15. The lowest BCUT2D eigenvalue weighted by molar-refractivity contribution is 0.0789. The molecule has 100 valence electrons. The van der Waals surface area contributed by atoms with Crippen LogP contribution in [0.25, 0.3) is 0 Å². The van der Waals surface area contributed by atoms with Crippen LogP contribution in [-0.4, -0.2) is 35.4 Å². The van der Waals surface area contributed by atoms with E-state index in [1.807, 2.05) is 0 Å². The van der Waals surface area contributed by atoms with Gasteiger partial charge in [0.05, 0.1) is 5.56 Å². The van der Waals surface area contributed by atoms with E-state index in [0.717, 1.165) is 31.4 Å². The van der Waals surface area contributed by atoms with Gasteiger partial charge in [-0.1, -0.05) is 6.42 Å². The fraction of sp³-hybridized carbons (Fsp3) is 0.462. The summed E-state index contributed by atoms with van der Waals surface area (Å²) in [5.41, 5.74) is 0.122. The summed E-state index contributed by atoms with van der Waals surface area (Å²) >= 11 is 5.56. The average molecular weight is 274 g/mol. The van der Waals surface area contributed by atoms with Crippen LogP contribution in [-0.2, 0) is 0 Å². The first-order chi connectivity index (χ1) is 8.56. The Morgan fingerprint density at radius 1 is 1.39 bits per heavy atom. The molecule has 0 spiro atoms. The molecule has 0 aliphatic heterocycles. The molecule has 0 aromatic heterocycles. The molecule has 0 fully saturated rings. The third-order valence-electron chi connectivity index (χ3n) is 2.66. The van der Waals surface area contributed by atoms with Gasteiger partial charge >= 0.3 is 0 Å². The molecular formula is C13H17ClFNO2. The maximum absolute atomic E-state index is 12.8. The van der Waals surface area contributed by atoms with Gasteiger partial charge in [0.15, 0.2) is 0 Å². The van der Waals surface area contributed by atoms with Crippen LogP contribution in [0.15, 0.2) is 18.2 Å². The van der Waals surface area contributed by atoms with Crippen LogP contribution in [0.4, 0.5) is 4.39 Å².